The van der Waals surface area contributed by atoms with Crippen LogP contribution in [0.3, 0.4) is 0 Å². The molecule has 0 spiro atoms. The van der Waals surface area contributed by atoms with Gasteiger partial charge in [-0.05, 0) is 55.0 Å². The summed E-state index contributed by atoms with van der Waals surface area (Å²) < 4.78 is 0. The van der Waals surface area contributed by atoms with Crippen LogP contribution < -0.4 is 10.6 Å². The van der Waals surface area contributed by atoms with Gasteiger partial charge in [-0.15, -0.1) is 0 Å². The molecule has 0 radical (unpaired) electrons. The number of pyridine rings is 1. The molecule has 6 aromatic rings. The minimum atomic E-state index is 0.595. The van der Waals surface area contributed by atoms with Crippen LogP contribution in [-0.2, 0) is 0 Å². The van der Waals surface area contributed by atoms with Gasteiger partial charge < -0.3 is 10.6 Å². The van der Waals surface area contributed by atoms with Crippen molar-refractivity contribution in [1.82, 2.24) is 35.1 Å². The zero-order valence-corrected chi connectivity index (χ0v) is 19.1. The van der Waals surface area contributed by atoms with Crippen molar-refractivity contribution in [1.29, 1.82) is 5.26 Å². The van der Waals surface area contributed by atoms with E-state index < -0.39 is 0 Å². The van der Waals surface area contributed by atoms with Crippen LogP contribution in [0.5, 0.6) is 0 Å². The standard InChI is InChI=1S/C26H18N10/c1-15-4-9-19-23(30-14-31-25(19)34-17-7-5-16(11-27)6-8-17)21(15)35-24-18(3-2-10-28-24)22-20-12-33-36-26(20)32-13-29-22/h2-10,12-14H,1H3,(H,28,35)(H,30,31,34)(H,29,32,33,36). The lowest BCUT2D eigenvalue weighted by Crippen LogP contribution is -2.03. The van der Waals surface area contributed by atoms with Crippen molar-refractivity contribution in [3.8, 4) is 17.3 Å². The molecule has 0 bridgehead atoms. The van der Waals surface area contributed by atoms with Crippen LogP contribution in [0, 0.1) is 18.3 Å². The summed E-state index contributed by atoms with van der Waals surface area (Å²) in [6, 6.07) is 17.2. The smallest absolute Gasteiger partial charge is 0.159 e. The van der Waals surface area contributed by atoms with E-state index in [1.54, 1.807) is 24.5 Å². The second-order valence-electron chi connectivity index (χ2n) is 8.07. The maximum Gasteiger partial charge on any atom is 0.159 e. The Hall–Kier alpha value is -5.43. The number of aromatic nitrogens is 7. The van der Waals surface area contributed by atoms with Gasteiger partial charge in [0.05, 0.1) is 40.1 Å². The summed E-state index contributed by atoms with van der Waals surface area (Å²) in [5, 5.41) is 24.5. The normalized spacial score (nSPS) is 10.9. The molecule has 172 valence electrons. The fourth-order valence-electron chi connectivity index (χ4n) is 4.05. The highest BCUT2D eigenvalue weighted by atomic mass is 15.1. The maximum absolute atomic E-state index is 9.06. The molecular formula is C26H18N10. The SMILES string of the molecule is Cc1ccc2c(Nc3ccc(C#N)cc3)ncnc2c1Nc1ncccc1-c1ncnc2[nH]ncc12. The largest absolute Gasteiger partial charge is 0.340 e. The summed E-state index contributed by atoms with van der Waals surface area (Å²) in [6.45, 7) is 2.01. The van der Waals surface area contributed by atoms with Crippen molar-refractivity contribution in [3.63, 3.8) is 0 Å². The average Bonchev–Trinajstić information content (AvgIpc) is 3.40. The molecular weight excluding hydrogens is 452 g/mol. The number of aryl methyl sites for hydroxylation is 1. The summed E-state index contributed by atoms with van der Waals surface area (Å²) in [7, 11) is 0. The van der Waals surface area contributed by atoms with Crippen molar-refractivity contribution in [2.45, 2.75) is 6.92 Å². The monoisotopic (exact) mass is 470 g/mol. The summed E-state index contributed by atoms with van der Waals surface area (Å²) in [4.78, 5) is 22.4. The number of nitriles is 1. The first-order valence-electron chi connectivity index (χ1n) is 11.1. The van der Waals surface area contributed by atoms with E-state index in [1.165, 1.54) is 12.7 Å². The number of nitrogens with one attached hydrogen (secondary N) is 3. The Balaban J connectivity index is 1.43. The second-order valence-corrected chi connectivity index (χ2v) is 8.07. The molecule has 4 aromatic heterocycles. The molecule has 0 aliphatic carbocycles. The number of rotatable bonds is 5. The third-order valence-electron chi connectivity index (χ3n) is 5.85. The molecule has 36 heavy (non-hydrogen) atoms. The summed E-state index contributed by atoms with van der Waals surface area (Å²) in [5.41, 5.74) is 6.17. The minimum Gasteiger partial charge on any atom is -0.340 e. The van der Waals surface area contributed by atoms with E-state index in [4.69, 9.17) is 5.26 Å². The topological polar surface area (TPSA) is 141 Å². The highest BCUT2D eigenvalue weighted by Crippen LogP contribution is 2.35. The molecule has 6 rings (SSSR count). The van der Waals surface area contributed by atoms with Gasteiger partial charge in [-0.1, -0.05) is 6.07 Å². The molecule has 0 saturated carbocycles. The van der Waals surface area contributed by atoms with Crippen molar-refractivity contribution in [3.05, 3.63) is 84.7 Å². The highest BCUT2D eigenvalue weighted by molar-refractivity contribution is 6.01. The van der Waals surface area contributed by atoms with E-state index in [9.17, 15) is 0 Å². The maximum atomic E-state index is 9.06. The van der Waals surface area contributed by atoms with Crippen LogP contribution in [0.25, 0.3) is 33.2 Å². The second kappa shape index (κ2) is 8.73. The molecule has 3 N–H and O–H groups in total. The minimum absolute atomic E-state index is 0.595. The van der Waals surface area contributed by atoms with Crippen LogP contribution in [0.4, 0.5) is 23.0 Å². The number of nitrogens with zero attached hydrogens (tertiary/aromatic N) is 7. The predicted octanol–water partition coefficient (Wildman–Crippen LogP) is 5.03. The Bertz CT molecular complexity index is 1770. The Labute approximate surface area is 205 Å². The van der Waals surface area contributed by atoms with Gasteiger partial charge >= 0.3 is 0 Å². The van der Waals surface area contributed by atoms with E-state index in [1.807, 2.05) is 43.3 Å². The molecule has 0 fully saturated rings. The molecule has 2 aromatic carbocycles. The molecule has 10 nitrogen and oxygen atoms in total. The van der Waals surface area contributed by atoms with Gasteiger partial charge in [0.1, 0.15) is 24.3 Å². The van der Waals surface area contributed by atoms with Crippen molar-refractivity contribution in [2.75, 3.05) is 10.6 Å². The van der Waals surface area contributed by atoms with Crippen molar-refractivity contribution < 1.29 is 0 Å². The van der Waals surface area contributed by atoms with Crippen LogP contribution >= 0.6 is 0 Å². The van der Waals surface area contributed by atoms with Gasteiger partial charge in [0.15, 0.2) is 5.65 Å². The molecule has 10 heteroatoms. The Kier molecular flexibility index (Phi) is 5.13. The number of benzene rings is 2. The molecule has 0 aliphatic heterocycles. The number of hydrogen-bond donors (Lipinski definition) is 3. The summed E-state index contributed by atoms with van der Waals surface area (Å²) >= 11 is 0. The van der Waals surface area contributed by atoms with Gasteiger partial charge in [0, 0.05) is 22.8 Å². The highest BCUT2D eigenvalue weighted by Gasteiger charge is 2.16. The Morgan fingerprint density at radius 3 is 2.56 bits per heavy atom. The van der Waals surface area contributed by atoms with Crippen molar-refractivity contribution in [2.24, 2.45) is 0 Å². The zero-order valence-electron chi connectivity index (χ0n) is 19.1. The summed E-state index contributed by atoms with van der Waals surface area (Å²) in [5.74, 6) is 1.29. The quantitative estimate of drug-likeness (QED) is 0.316. The van der Waals surface area contributed by atoms with Gasteiger partial charge in [-0.25, -0.2) is 24.9 Å². The van der Waals surface area contributed by atoms with Crippen LogP contribution in [-0.4, -0.2) is 35.1 Å². The van der Waals surface area contributed by atoms with E-state index in [0.717, 1.165) is 44.5 Å². The predicted molar refractivity (Wildman–Crippen MR) is 137 cm³/mol. The van der Waals surface area contributed by atoms with E-state index in [0.29, 0.717) is 22.8 Å². The third-order valence-corrected chi connectivity index (χ3v) is 5.85. The molecule has 0 amide bonds. The molecule has 4 heterocycles. The molecule has 0 atom stereocenters. The first kappa shape index (κ1) is 21.1. The van der Waals surface area contributed by atoms with Gasteiger partial charge in [-0.2, -0.15) is 10.4 Å². The van der Waals surface area contributed by atoms with Gasteiger partial charge in [-0.3, -0.25) is 5.10 Å². The molecule has 0 unspecified atom stereocenters. The fraction of sp³-hybridized carbons (Fsp3) is 0.0385. The fourth-order valence-corrected chi connectivity index (χ4v) is 4.05. The number of aromatic amines is 1. The van der Waals surface area contributed by atoms with Crippen molar-refractivity contribution >= 4 is 44.9 Å². The third kappa shape index (κ3) is 3.70. The van der Waals surface area contributed by atoms with Crippen LogP contribution in [0.15, 0.2) is 73.6 Å². The number of fused-ring (bicyclic) bond motifs is 2. The molecule has 0 aliphatic rings. The van der Waals surface area contributed by atoms with E-state index >= 15 is 0 Å². The average molecular weight is 471 g/mol. The zero-order chi connectivity index (χ0) is 24.5. The summed E-state index contributed by atoms with van der Waals surface area (Å²) in [6.07, 6.45) is 6.47. The number of H-pyrrole nitrogens is 1. The van der Waals surface area contributed by atoms with Crippen LogP contribution in [0.1, 0.15) is 11.1 Å². The first-order valence-corrected chi connectivity index (χ1v) is 11.1. The lowest BCUT2D eigenvalue weighted by atomic mass is 10.1. The van der Waals surface area contributed by atoms with Crippen LogP contribution in [0.2, 0.25) is 0 Å². The molecule has 0 saturated heterocycles. The number of hydrogen-bond acceptors (Lipinski definition) is 9. The van der Waals surface area contributed by atoms with E-state index in [-0.39, 0.29) is 0 Å². The lowest BCUT2D eigenvalue weighted by Gasteiger charge is -2.16. The van der Waals surface area contributed by atoms with E-state index in [2.05, 4.69) is 51.8 Å². The van der Waals surface area contributed by atoms with Gasteiger partial charge in [0.25, 0.3) is 0 Å². The van der Waals surface area contributed by atoms with Gasteiger partial charge in [0.2, 0.25) is 0 Å². The Morgan fingerprint density at radius 2 is 1.69 bits per heavy atom. The Morgan fingerprint density at radius 1 is 0.833 bits per heavy atom. The number of anilines is 4. The first-order chi connectivity index (χ1) is 17.7. The lowest BCUT2D eigenvalue weighted by molar-refractivity contribution is 1.09.